The minimum absolute atomic E-state index is 0.262. The first-order valence-electron chi connectivity index (χ1n) is 5.72. The van der Waals surface area contributed by atoms with Crippen molar-refractivity contribution >= 4 is 6.08 Å². The summed E-state index contributed by atoms with van der Waals surface area (Å²) in [6, 6.07) is 12.3. The van der Waals surface area contributed by atoms with Crippen LogP contribution in [0.1, 0.15) is 5.56 Å². The van der Waals surface area contributed by atoms with E-state index in [-0.39, 0.29) is 11.5 Å². The molecule has 104 valence electrons. The molecule has 0 heterocycles. The summed E-state index contributed by atoms with van der Waals surface area (Å²) in [5, 5.41) is 0. The second kappa shape index (κ2) is 5.69. The van der Waals surface area contributed by atoms with Gasteiger partial charge >= 0.3 is 6.36 Å². The second-order valence-electron chi connectivity index (χ2n) is 3.90. The predicted molar refractivity (Wildman–Crippen MR) is 69.7 cm³/mol. The van der Waals surface area contributed by atoms with E-state index >= 15 is 0 Å². The lowest BCUT2D eigenvalue weighted by Crippen LogP contribution is -2.16. The van der Waals surface area contributed by atoms with Crippen LogP contribution >= 0.6 is 0 Å². The molecule has 0 aliphatic rings. The van der Waals surface area contributed by atoms with Crippen molar-refractivity contribution in [1.29, 1.82) is 0 Å². The zero-order valence-electron chi connectivity index (χ0n) is 10.4. The van der Waals surface area contributed by atoms with Gasteiger partial charge < -0.3 is 9.47 Å². The van der Waals surface area contributed by atoms with Crippen molar-refractivity contribution in [2.75, 3.05) is 0 Å². The van der Waals surface area contributed by atoms with Crippen molar-refractivity contribution in [1.82, 2.24) is 0 Å². The molecule has 0 bridgehead atoms. The molecule has 0 unspecified atom stereocenters. The molecule has 0 atom stereocenters. The number of benzene rings is 2. The molecule has 0 aliphatic heterocycles. The van der Waals surface area contributed by atoms with Gasteiger partial charge in [-0.1, -0.05) is 30.9 Å². The number of hydrogen-bond acceptors (Lipinski definition) is 2. The smallest absolute Gasteiger partial charge is 0.457 e. The van der Waals surface area contributed by atoms with Crippen molar-refractivity contribution in [2.24, 2.45) is 0 Å². The monoisotopic (exact) mass is 280 g/mol. The van der Waals surface area contributed by atoms with Crippen LogP contribution in [0.2, 0.25) is 0 Å². The van der Waals surface area contributed by atoms with E-state index in [1.54, 1.807) is 36.4 Å². The summed E-state index contributed by atoms with van der Waals surface area (Å²) >= 11 is 0. The molecule has 2 nitrogen and oxygen atoms in total. The molecule has 5 heteroatoms. The van der Waals surface area contributed by atoms with Gasteiger partial charge in [0, 0.05) is 6.07 Å². The van der Waals surface area contributed by atoms with E-state index < -0.39 is 6.36 Å². The van der Waals surface area contributed by atoms with Crippen molar-refractivity contribution in [2.45, 2.75) is 6.36 Å². The zero-order chi connectivity index (χ0) is 14.6. The minimum atomic E-state index is -4.72. The molecule has 0 radical (unpaired) electrons. The minimum Gasteiger partial charge on any atom is -0.457 e. The topological polar surface area (TPSA) is 18.5 Å². The lowest BCUT2D eigenvalue weighted by molar-refractivity contribution is -0.274. The molecule has 2 aromatic rings. The summed E-state index contributed by atoms with van der Waals surface area (Å²) in [4.78, 5) is 0. The molecule has 0 N–H and O–H groups in total. The standard InChI is InChI=1S/C15H11F3O2/c1-2-11-6-8-12(9-7-11)19-13-4-3-5-14(10-13)20-15(16,17)18/h2-10H,1H2. The Morgan fingerprint density at radius 1 is 0.900 bits per heavy atom. The van der Waals surface area contributed by atoms with Gasteiger partial charge in [0.15, 0.2) is 0 Å². The van der Waals surface area contributed by atoms with Gasteiger partial charge in [-0.15, -0.1) is 13.2 Å². The van der Waals surface area contributed by atoms with Crippen LogP contribution in [0.5, 0.6) is 17.2 Å². The first-order chi connectivity index (χ1) is 9.46. The van der Waals surface area contributed by atoms with E-state index in [9.17, 15) is 13.2 Å². The third-order valence-electron chi connectivity index (χ3n) is 2.39. The molecular formula is C15H11F3O2. The fourth-order valence-electron chi connectivity index (χ4n) is 1.54. The molecule has 0 aromatic heterocycles. The molecule has 0 saturated carbocycles. The van der Waals surface area contributed by atoms with Gasteiger partial charge in [0.1, 0.15) is 17.2 Å². The third kappa shape index (κ3) is 4.05. The van der Waals surface area contributed by atoms with Crippen LogP contribution in [0.25, 0.3) is 6.08 Å². The van der Waals surface area contributed by atoms with Crippen molar-refractivity contribution in [3.63, 3.8) is 0 Å². The Bertz CT molecular complexity index is 589. The highest BCUT2D eigenvalue weighted by molar-refractivity contribution is 5.48. The summed E-state index contributed by atoms with van der Waals surface area (Å²) in [6.07, 6.45) is -3.04. The summed E-state index contributed by atoms with van der Waals surface area (Å²) in [5.74, 6) is 0.454. The first kappa shape index (κ1) is 14.0. The molecule has 0 saturated heterocycles. The Balaban J connectivity index is 2.12. The lowest BCUT2D eigenvalue weighted by Gasteiger charge is -2.10. The van der Waals surface area contributed by atoms with Crippen molar-refractivity contribution in [3.8, 4) is 17.2 Å². The quantitative estimate of drug-likeness (QED) is 0.782. The average molecular weight is 280 g/mol. The fraction of sp³-hybridized carbons (Fsp3) is 0.0667. The summed E-state index contributed by atoms with van der Waals surface area (Å²) in [6.45, 7) is 3.63. The van der Waals surface area contributed by atoms with Crippen molar-refractivity contribution in [3.05, 3.63) is 60.7 Å². The number of hydrogen-bond donors (Lipinski definition) is 0. The maximum absolute atomic E-state index is 12.1. The van der Waals surface area contributed by atoms with E-state index in [1.807, 2.05) is 0 Å². The lowest BCUT2D eigenvalue weighted by atomic mass is 10.2. The number of rotatable bonds is 4. The Morgan fingerprint density at radius 3 is 2.15 bits per heavy atom. The van der Waals surface area contributed by atoms with E-state index in [4.69, 9.17) is 4.74 Å². The normalized spacial score (nSPS) is 10.9. The SMILES string of the molecule is C=Cc1ccc(Oc2cccc(OC(F)(F)F)c2)cc1. The Kier molecular flexibility index (Phi) is 3.98. The molecule has 2 aromatic carbocycles. The van der Waals surface area contributed by atoms with Gasteiger partial charge in [0.25, 0.3) is 0 Å². The molecule has 0 aliphatic carbocycles. The number of alkyl halides is 3. The second-order valence-corrected chi connectivity index (χ2v) is 3.90. The predicted octanol–water partition coefficient (Wildman–Crippen LogP) is 5.02. The zero-order valence-corrected chi connectivity index (χ0v) is 10.4. The van der Waals surface area contributed by atoms with Crippen molar-refractivity contribution < 1.29 is 22.6 Å². The molecule has 0 spiro atoms. The Labute approximate surface area is 114 Å². The van der Waals surface area contributed by atoms with Gasteiger partial charge in [0.2, 0.25) is 0 Å². The fourth-order valence-corrected chi connectivity index (χ4v) is 1.54. The van der Waals surface area contributed by atoms with E-state index in [2.05, 4.69) is 11.3 Å². The van der Waals surface area contributed by atoms with Crippen LogP contribution in [-0.4, -0.2) is 6.36 Å². The molecule has 0 fully saturated rings. The van der Waals surface area contributed by atoms with Crippen LogP contribution in [0.3, 0.4) is 0 Å². The Morgan fingerprint density at radius 2 is 1.55 bits per heavy atom. The highest BCUT2D eigenvalue weighted by Gasteiger charge is 2.31. The summed E-state index contributed by atoms with van der Waals surface area (Å²) in [7, 11) is 0. The highest BCUT2D eigenvalue weighted by Crippen LogP contribution is 2.28. The molecular weight excluding hydrogens is 269 g/mol. The van der Waals surface area contributed by atoms with E-state index in [0.29, 0.717) is 5.75 Å². The molecule has 2 rings (SSSR count). The van der Waals surface area contributed by atoms with Gasteiger partial charge in [-0.2, -0.15) is 0 Å². The van der Waals surface area contributed by atoms with Crippen LogP contribution < -0.4 is 9.47 Å². The molecule has 0 amide bonds. The van der Waals surface area contributed by atoms with E-state index in [0.717, 1.165) is 5.56 Å². The number of ether oxygens (including phenoxy) is 2. The van der Waals surface area contributed by atoms with Crippen LogP contribution in [0, 0.1) is 0 Å². The summed E-state index contributed by atoms with van der Waals surface area (Å²) in [5.41, 5.74) is 0.923. The van der Waals surface area contributed by atoms with Gasteiger partial charge in [-0.3, -0.25) is 0 Å². The first-order valence-corrected chi connectivity index (χ1v) is 5.72. The van der Waals surface area contributed by atoms with Crippen LogP contribution in [0.4, 0.5) is 13.2 Å². The van der Waals surface area contributed by atoms with Gasteiger partial charge in [-0.25, -0.2) is 0 Å². The maximum atomic E-state index is 12.1. The molecule has 20 heavy (non-hydrogen) atoms. The number of halogens is 3. The average Bonchev–Trinajstić information content (AvgIpc) is 2.38. The highest BCUT2D eigenvalue weighted by atomic mass is 19.4. The van der Waals surface area contributed by atoms with E-state index in [1.165, 1.54) is 18.2 Å². The third-order valence-corrected chi connectivity index (χ3v) is 2.39. The van der Waals surface area contributed by atoms with Crippen LogP contribution in [-0.2, 0) is 0 Å². The summed E-state index contributed by atoms with van der Waals surface area (Å²) < 4.78 is 45.6. The van der Waals surface area contributed by atoms with Crippen LogP contribution in [0.15, 0.2) is 55.1 Å². The maximum Gasteiger partial charge on any atom is 0.573 e. The largest absolute Gasteiger partial charge is 0.573 e. The van der Waals surface area contributed by atoms with Gasteiger partial charge in [-0.05, 0) is 29.8 Å². The Hall–Kier alpha value is -2.43. The van der Waals surface area contributed by atoms with Gasteiger partial charge in [0.05, 0.1) is 0 Å².